The topological polar surface area (TPSA) is 43.1 Å². The first kappa shape index (κ1) is 10.2. The lowest BCUT2D eigenvalue weighted by Crippen LogP contribution is -2.18. The summed E-state index contributed by atoms with van der Waals surface area (Å²) >= 11 is 0. The van der Waals surface area contributed by atoms with E-state index in [1.165, 1.54) is 24.8 Å². The van der Waals surface area contributed by atoms with Gasteiger partial charge in [-0.25, -0.2) is 0 Å². The van der Waals surface area contributed by atoms with Gasteiger partial charge in [-0.3, -0.25) is 4.79 Å². The van der Waals surface area contributed by atoms with Crippen molar-refractivity contribution in [1.82, 2.24) is 0 Å². The summed E-state index contributed by atoms with van der Waals surface area (Å²) in [5, 5.41) is 0. The summed E-state index contributed by atoms with van der Waals surface area (Å²) in [7, 11) is 0. The van der Waals surface area contributed by atoms with E-state index in [0.29, 0.717) is 5.92 Å². The monoisotopic (exact) mass is 203 g/mol. The van der Waals surface area contributed by atoms with Gasteiger partial charge in [-0.2, -0.15) is 0 Å². The molecule has 0 radical (unpaired) electrons. The number of carbonyl (C=O) groups is 1. The Balaban J connectivity index is 2.39. The van der Waals surface area contributed by atoms with Crippen LogP contribution in [-0.2, 0) is 6.42 Å². The molecule has 1 aliphatic rings. The van der Waals surface area contributed by atoms with Crippen LogP contribution in [0, 0.1) is 0 Å². The molecule has 2 heteroatoms. The molecule has 0 aliphatic heterocycles. The molecule has 2 nitrogen and oxygen atoms in total. The van der Waals surface area contributed by atoms with Gasteiger partial charge in [0.25, 0.3) is 0 Å². The molecule has 2 rings (SSSR count). The predicted molar refractivity (Wildman–Crippen MR) is 60.9 cm³/mol. The molecule has 1 saturated carbocycles. The molecule has 0 atom stereocenters. The van der Waals surface area contributed by atoms with Crippen LogP contribution in [0.4, 0.5) is 0 Å². The molecule has 1 aliphatic carbocycles. The summed E-state index contributed by atoms with van der Waals surface area (Å²) in [5.41, 5.74) is 8.50. The molecule has 1 fully saturated rings. The van der Waals surface area contributed by atoms with Gasteiger partial charge in [-0.05, 0) is 42.4 Å². The van der Waals surface area contributed by atoms with Gasteiger partial charge in [0.15, 0.2) is 0 Å². The van der Waals surface area contributed by atoms with Crippen LogP contribution in [-0.4, -0.2) is 5.91 Å². The van der Waals surface area contributed by atoms with Crippen LogP contribution >= 0.6 is 0 Å². The smallest absolute Gasteiger partial charge is 0.248 e. The maximum atomic E-state index is 11.4. The summed E-state index contributed by atoms with van der Waals surface area (Å²) < 4.78 is 0. The highest BCUT2D eigenvalue weighted by Crippen LogP contribution is 2.38. The molecule has 2 N–H and O–H groups in total. The van der Waals surface area contributed by atoms with Crippen molar-refractivity contribution >= 4 is 5.91 Å². The van der Waals surface area contributed by atoms with E-state index in [4.69, 9.17) is 5.73 Å². The van der Waals surface area contributed by atoms with Gasteiger partial charge >= 0.3 is 0 Å². The average molecular weight is 203 g/mol. The van der Waals surface area contributed by atoms with Crippen molar-refractivity contribution in [3.63, 3.8) is 0 Å². The fourth-order valence-electron chi connectivity index (χ4n) is 2.11. The quantitative estimate of drug-likeness (QED) is 0.806. The maximum Gasteiger partial charge on any atom is 0.248 e. The summed E-state index contributed by atoms with van der Waals surface area (Å²) in [4.78, 5) is 11.4. The zero-order valence-electron chi connectivity index (χ0n) is 9.12. The third kappa shape index (κ3) is 1.89. The molecule has 0 spiro atoms. The van der Waals surface area contributed by atoms with Crippen LogP contribution in [0.2, 0.25) is 0 Å². The molecule has 0 bridgehead atoms. The summed E-state index contributed by atoms with van der Waals surface area (Å²) in [5.74, 6) is 0.283. The van der Waals surface area contributed by atoms with E-state index in [9.17, 15) is 4.79 Å². The molecule has 1 amide bonds. The minimum Gasteiger partial charge on any atom is -0.366 e. The highest BCUT2D eigenvalue weighted by Gasteiger charge is 2.23. The van der Waals surface area contributed by atoms with Crippen molar-refractivity contribution in [2.24, 2.45) is 5.73 Å². The van der Waals surface area contributed by atoms with Crippen LogP contribution in [0.15, 0.2) is 18.2 Å². The van der Waals surface area contributed by atoms with Crippen LogP contribution < -0.4 is 5.73 Å². The zero-order chi connectivity index (χ0) is 10.8. The molecule has 1 aromatic carbocycles. The fraction of sp³-hybridized carbons (Fsp3) is 0.462. The van der Waals surface area contributed by atoms with Crippen molar-refractivity contribution in [1.29, 1.82) is 0 Å². The lowest BCUT2D eigenvalue weighted by molar-refractivity contribution is 0.0998. The van der Waals surface area contributed by atoms with Crippen molar-refractivity contribution in [2.45, 2.75) is 38.5 Å². The minimum atomic E-state index is -0.285. The Hall–Kier alpha value is -1.31. The summed E-state index contributed by atoms with van der Waals surface area (Å²) in [6.07, 6.45) is 4.63. The summed E-state index contributed by atoms with van der Waals surface area (Å²) in [6.45, 7) is 2.09. The molecule has 0 unspecified atom stereocenters. The highest BCUT2D eigenvalue weighted by molar-refractivity contribution is 5.94. The number of hydrogen-bond acceptors (Lipinski definition) is 1. The SMILES string of the molecule is CCc1ccc(C2CCC2)c(C(N)=O)c1. The van der Waals surface area contributed by atoms with Gasteiger partial charge in [0.1, 0.15) is 0 Å². The molecule has 0 saturated heterocycles. The Kier molecular flexibility index (Phi) is 2.76. The van der Waals surface area contributed by atoms with Gasteiger partial charge in [0.2, 0.25) is 5.91 Å². The van der Waals surface area contributed by atoms with E-state index < -0.39 is 0 Å². The van der Waals surface area contributed by atoms with Crippen LogP contribution in [0.3, 0.4) is 0 Å². The Morgan fingerprint density at radius 2 is 2.20 bits per heavy atom. The van der Waals surface area contributed by atoms with E-state index in [-0.39, 0.29) is 5.91 Å². The Labute approximate surface area is 90.5 Å². The van der Waals surface area contributed by atoms with Gasteiger partial charge in [0.05, 0.1) is 0 Å². The minimum absolute atomic E-state index is 0.285. The third-order valence-corrected chi connectivity index (χ3v) is 3.34. The van der Waals surface area contributed by atoms with E-state index in [0.717, 1.165) is 17.5 Å². The molecule has 0 aromatic heterocycles. The maximum absolute atomic E-state index is 11.4. The van der Waals surface area contributed by atoms with Crippen LogP contribution in [0.1, 0.15) is 53.6 Å². The largest absolute Gasteiger partial charge is 0.366 e. The molecular formula is C13H17NO. The third-order valence-electron chi connectivity index (χ3n) is 3.34. The van der Waals surface area contributed by atoms with Gasteiger partial charge in [-0.1, -0.05) is 25.5 Å². The lowest BCUT2D eigenvalue weighted by Gasteiger charge is -2.27. The Morgan fingerprint density at radius 1 is 1.47 bits per heavy atom. The number of amides is 1. The van der Waals surface area contributed by atoms with Crippen molar-refractivity contribution in [3.8, 4) is 0 Å². The number of hydrogen-bond donors (Lipinski definition) is 1. The Bertz CT molecular complexity index is 380. The number of carbonyl (C=O) groups excluding carboxylic acids is 1. The van der Waals surface area contributed by atoms with E-state index in [2.05, 4.69) is 19.1 Å². The normalized spacial score (nSPS) is 16.1. The lowest BCUT2D eigenvalue weighted by atomic mass is 9.77. The zero-order valence-corrected chi connectivity index (χ0v) is 9.12. The standard InChI is InChI=1S/C13H17NO/c1-2-9-6-7-11(10-4-3-5-10)12(8-9)13(14)15/h6-8,10H,2-5H2,1H3,(H2,14,15). The first-order valence-corrected chi connectivity index (χ1v) is 5.65. The fourth-order valence-corrected chi connectivity index (χ4v) is 2.11. The van der Waals surface area contributed by atoms with Crippen molar-refractivity contribution in [3.05, 3.63) is 34.9 Å². The first-order valence-electron chi connectivity index (χ1n) is 5.65. The number of rotatable bonds is 3. The molecule has 1 aromatic rings. The van der Waals surface area contributed by atoms with E-state index >= 15 is 0 Å². The van der Waals surface area contributed by atoms with Gasteiger partial charge in [0, 0.05) is 5.56 Å². The molecule has 15 heavy (non-hydrogen) atoms. The molecular weight excluding hydrogens is 186 g/mol. The second-order valence-corrected chi connectivity index (χ2v) is 4.27. The second-order valence-electron chi connectivity index (χ2n) is 4.27. The first-order chi connectivity index (χ1) is 7.22. The second kappa shape index (κ2) is 4.05. The van der Waals surface area contributed by atoms with E-state index in [1.807, 2.05) is 6.07 Å². The van der Waals surface area contributed by atoms with Crippen molar-refractivity contribution < 1.29 is 4.79 Å². The number of nitrogens with two attached hydrogens (primary N) is 1. The van der Waals surface area contributed by atoms with Crippen LogP contribution in [0.5, 0.6) is 0 Å². The van der Waals surface area contributed by atoms with Gasteiger partial charge < -0.3 is 5.73 Å². The van der Waals surface area contributed by atoms with Gasteiger partial charge in [-0.15, -0.1) is 0 Å². The highest BCUT2D eigenvalue weighted by atomic mass is 16.1. The van der Waals surface area contributed by atoms with Crippen molar-refractivity contribution in [2.75, 3.05) is 0 Å². The average Bonchev–Trinajstić information content (AvgIpc) is 2.15. The molecule has 80 valence electrons. The number of benzene rings is 1. The number of aryl methyl sites for hydroxylation is 1. The Morgan fingerprint density at radius 3 is 2.67 bits per heavy atom. The van der Waals surface area contributed by atoms with E-state index in [1.54, 1.807) is 0 Å². The predicted octanol–water partition coefficient (Wildman–Crippen LogP) is 2.62. The number of primary amides is 1. The van der Waals surface area contributed by atoms with Crippen LogP contribution in [0.25, 0.3) is 0 Å². The summed E-state index contributed by atoms with van der Waals surface area (Å²) in [6, 6.07) is 6.15. The molecule has 0 heterocycles.